The van der Waals surface area contributed by atoms with Crippen LogP contribution < -0.4 is 0 Å². The minimum absolute atomic E-state index is 0.183. The van der Waals surface area contributed by atoms with Crippen LogP contribution >= 0.6 is 7.82 Å². The van der Waals surface area contributed by atoms with Crippen LogP contribution in [0.5, 0.6) is 0 Å². The first kappa shape index (κ1) is 13.8. The molecule has 0 radical (unpaired) electrons. The van der Waals surface area contributed by atoms with Crippen LogP contribution in [0.1, 0.15) is 6.92 Å². The summed E-state index contributed by atoms with van der Waals surface area (Å²) in [5, 5.41) is 7.59. The lowest BCUT2D eigenvalue weighted by atomic mass is 10.4. The van der Waals surface area contributed by atoms with Crippen molar-refractivity contribution in [1.82, 2.24) is 0 Å². The average Bonchev–Trinajstić information content (AvgIpc) is 1.82. The van der Waals surface area contributed by atoms with Crippen molar-refractivity contribution >= 4 is 13.8 Å². The molecule has 0 aromatic rings. The monoisotopic (exact) mass is 200 g/mol. The fraction of sp³-hybridized carbons (Fsp3) is 0.250. The van der Waals surface area contributed by atoms with Crippen LogP contribution in [0.4, 0.5) is 0 Å². The van der Waals surface area contributed by atoms with Gasteiger partial charge in [0.05, 0.1) is 0 Å². The summed E-state index contributed by atoms with van der Waals surface area (Å²) in [6.07, 6.45) is 0. The van der Waals surface area contributed by atoms with E-state index in [1.54, 1.807) is 0 Å². The molecule has 0 fully saturated rings. The molecule has 0 amide bonds. The van der Waals surface area contributed by atoms with E-state index < -0.39 is 13.8 Å². The molecule has 0 spiro atoms. The molecule has 0 aliphatic carbocycles. The summed E-state index contributed by atoms with van der Waals surface area (Å²) in [5.41, 5.74) is 0.183. The molecule has 12 heavy (non-hydrogen) atoms. The molecule has 0 aliphatic heterocycles. The van der Waals surface area contributed by atoms with E-state index in [1.807, 2.05) is 0 Å². The number of carbonyl (C=O) groups excluding carboxylic acids is 1. The topological polar surface area (TPSA) is 124 Å². The Kier molecular flexibility index (Phi) is 6.77. The van der Waals surface area contributed by atoms with Gasteiger partial charge in [0.15, 0.2) is 0 Å². The van der Waals surface area contributed by atoms with E-state index in [2.05, 4.69) is 11.5 Å². The average molecular weight is 200 g/mol. The number of hydrogen-bond acceptors (Lipinski definition) is 4. The Morgan fingerprint density at radius 1 is 1.42 bits per heavy atom. The summed E-state index contributed by atoms with van der Waals surface area (Å²) in [7, 11) is -4.64. The highest BCUT2D eigenvalue weighted by molar-refractivity contribution is 7.45. The number of phosphoric acid groups is 1. The normalized spacial score (nSPS) is 9.42. The lowest BCUT2D eigenvalue weighted by Crippen LogP contribution is -1.99. The number of rotatable bonds is 1. The van der Waals surface area contributed by atoms with Crippen LogP contribution in [0.3, 0.4) is 0 Å². The largest absolute Gasteiger partial charge is 0.466 e. The van der Waals surface area contributed by atoms with E-state index in [-0.39, 0.29) is 5.57 Å². The van der Waals surface area contributed by atoms with Crippen molar-refractivity contribution in [1.29, 1.82) is 0 Å². The maximum atomic E-state index is 9.94. The second kappa shape index (κ2) is 5.87. The van der Waals surface area contributed by atoms with Gasteiger partial charge >= 0.3 is 13.8 Å². The van der Waals surface area contributed by atoms with Gasteiger partial charge < -0.3 is 14.7 Å². The SMILES string of the molecule is C=C(C)C(=O)OO.O=P(O)(O)O. The van der Waals surface area contributed by atoms with Gasteiger partial charge in [-0.05, 0) is 6.92 Å². The second-order valence-electron chi connectivity index (χ2n) is 1.67. The van der Waals surface area contributed by atoms with Crippen LogP contribution in [0.15, 0.2) is 12.2 Å². The van der Waals surface area contributed by atoms with Gasteiger partial charge in [0, 0.05) is 5.57 Å². The molecular formula is C4H9O7P. The Bertz CT molecular complexity index is 195. The van der Waals surface area contributed by atoms with Crippen molar-refractivity contribution in [2.24, 2.45) is 0 Å². The summed E-state index contributed by atoms with van der Waals surface area (Å²) in [4.78, 5) is 34.8. The molecule has 0 aliphatic rings. The van der Waals surface area contributed by atoms with Gasteiger partial charge in [0.1, 0.15) is 0 Å². The molecular weight excluding hydrogens is 191 g/mol. The van der Waals surface area contributed by atoms with E-state index in [0.717, 1.165) is 0 Å². The van der Waals surface area contributed by atoms with E-state index in [1.165, 1.54) is 6.92 Å². The highest BCUT2D eigenvalue weighted by atomic mass is 31.2. The van der Waals surface area contributed by atoms with Gasteiger partial charge in [-0.1, -0.05) is 6.58 Å². The van der Waals surface area contributed by atoms with Gasteiger partial charge in [-0.15, -0.1) is 0 Å². The third-order valence-corrected chi connectivity index (χ3v) is 0.431. The molecule has 0 atom stereocenters. The third kappa shape index (κ3) is 22.8. The molecule has 4 N–H and O–H groups in total. The van der Waals surface area contributed by atoms with E-state index in [0.29, 0.717) is 0 Å². The Morgan fingerprint density at radius 3 is 1.67 bits per heavy atom. The zero-order chi connectivity index (χ0) is 10.4. The number of hydrogen-bond donors (Lipinski definition) is 4. The zero-order valence-corrected chi connectivity index (χ0v) is 7.06. The predicted molar refractivity (Wildman–Crippen MR) is 37.8 cm³/mol. The van der Waals surface area contributed by atoms with Gasteiger partial charge in [-0.3, -0.25) is 4.89 Å². The van der Waals surface area contributed by atoms with Crippen molar-refractivity contribution in [2.75, 3.05) is 0 Å². The van der Waals surface area contributed by atoms with Crippen molar-refractivity contribution in [3.05, 3.63) is 12.2 Å². The fourth-order valence-electron chi connectivity index (χ4n) is 0.0779. The summed E-state index contributed by atoms with van der Waals surface area (Å²) < 4.78 is 8.88. The molecule has 0 heterocycles. The summed E-state index contributed by atoms with van der Waals surface area (Å²) >= 11 is 0. The molecule has 0 unspecified atom stereocenters. The summed E-state index contributed by atoms with van der Waals surface area (Å²) in [6.45, 7) is 4.63. The van der Waals surface area contributed by atoms with Gasteiger partial charge in [-0.2, -0.15) is 5.26 Å². The molecule has 0 saturated heterocycles. The Morgan fingerprint density at radius 2 is 1.67 bits per heavy atom. The Labute approximate surface area is 68.1 Å². The molecule has 0 aromatic heterocycles. The summed E-state index contributed by atoms with van der Waals surface area (Å²) in [6, 6.07) is 0. The first-order valence-electron chi connectivity index (χ1n) is 2.48. The van der Waals surface area contributed by atoms with Gasteiger partial charge in [-0.25, -0.2) is 9.36 Å². The van der Waals surface area contributed by atoms with Gasteiger partial charge in [0.25, 0.3) is 0 Å². The fourth-order valence-corrected chi connectivity index (χ4v) is 0.0779. The first-order chi connectivity index (χ1) is 5.18. The van der Waals surface area contributed by atoms with Crippen molar-refractivity contribution in [3.8, 4) is 0 Å². The minimum Gasteiger partial charge on any atom is -0.303 e. The van der Waals surface area contributed by atoms with Gasteiger partial charge in [0.2, 0.25) is 0 Å². The standard InChI is InChI=1S/C4H6O3.H3O4P/c1-3(2)4(5)7-6;1-5(2,3)4/h6H,1H2,2H3;(H3,1,2,3,4). The highest BCUT2D eigenvalue weighted by Gasteiger charge is 2.00. The lowest BCUT2D eigenvalue weighted by Gasteiger charge is -1.88. The van der Waals surface area contributed by atoms with Crippen LogP contribution in [0.25, 0.3) is 0 Å². The molecule has 7 nitrogen and oxygen atoms in total. The van der Waals surface area contributed by atoms with Crippen molar-refractivity contribution in [3.63, 3.8) is 0 Å². The van der Waals surface area contributed by atoms with Crippen molar-refractivity contribution < 1.29 is 34.2 Å². The quantitative estimate of drug-likeness (QED) is 0.197. The molecule has 0 saturated carbocycles. The second-order valence-corrected chi connectivity index (χ2v) is 2.70. The van der Waals surface area contributed by atoms with Crippen molar-refractivity contribution in [2.45, 2.75) is 6.92 Å². The molecule has 72 valence electrons. The van der Waals surface area contributed by atoms with E-state index in [9.17, 15) is 4.79 Å². The first-order valence-corrected chi connectivity index (χ1v) is 4.04. The maximum Gasteiger partial charge on any atom is 0.466 e. The third-order valence-electron chi connectivity index (χ3n) is 0.431. The lowest BCUT2D eigenvalue weighted by molar-refractivity contribution is -0.229. The van der Waals surface area contributed by atoms with Crippen LogP contribution in [0.2, 0.25) is 0 Å². The highest BCUT2D eigenvalue weighted by Crippen LogP contribution is 2.25. The van der Waals surface area contributed by atoms with Crippen LogP contribution in [-0.4, -0.2) is 25.9 Å². The molecule has 0 bridgehead atoms. The predicted octanol–water partition coefficient (Wildman–Crippen LogP) is -0.350. The Hall–Kier alpha value is -0.720. The van der Waals surface area contributed by atoms with Crippen LogP contribution in [0, 0.1) is 0 Å². The molecule has 0 rings (SSSR count). The minimum atomic E-state index is -4.64. The van der Waals surface area contributed by atoms with E-state index >= 15 is 0 Å². The molecule has 0 aromatic carbocycles. The zero-order valence-electron chi connectivity index (χ0n) is 6.17. The summed E-state index contributed by atoms with van der Waals surface area (Å²) in [5.74, 6) is -0.792. The smallest absolute Gasteiger partial charge is 0.303 e. The van der Waals surface area contributed by atoms with E-state index in [4.69, 9.17) is 24.5 Å². The maximum absolute atomic E-state index is 9.94. The van der Waals surface area contributed by atoms with Crippen LogP contribution in [-0.2, 0) is 14.2 Å². The molecule has 8 heteroatoms. The Balaban J connectivity index is 0. The number of carbonyl (C=O) groups is 1.